The first kappa shape index (κ1) is 27.2. The largest absolute Gasteiger partial charge is 0.495 e. The lowest BCUT2D eigenvalue weighted by molar-refractivity contribution is -0.114. The van der Waals surface area contributed by atoms with Crippen LogP contribution >= 0.6 is 11.3 Å². The van der Waals surface area contributed by atoms with E-state index in [1.54, 1.807) is 12.1 Å². The zero-order chi connectivity index (χ0) is 27.9. The summed E-state index contributed by atoms with van der Waals surface area (Å²) < 4.78 is 27.8. The van der Waals surface area contributed by atoms with Crippen molar-refractivity contribution in [3.63, 3.8) is 0 Å². The van der Waals surface area contributed by atoms with Gasteiger partial charge in [0.25, 0.3) is 5.91 Å². The first-order valence-corrected chi connectivity index (χ1v) is 12.0. The molecule has 0 aromatic carbocycles. The number of pyridine rings is 1. The number of hydrogen-bond donors (Lipinski definition) is 2. The maximum atomic E-state index is 13.1. The second-order valence-electron chi connectivity index (χ2n) is 7.56. The zero-order valence-corrected chi connectivity index (χ0v) is 22.0. The Kier molecular flexibility index (Phi) is 8.47. The van der Waals surface area contributed by atoms with Crippen molar-refractivity contribution in [3.05, 3.63) is 46.8 Å². The van der Waals surface area contributed by atoms with E-state index in [0.717, 1.165) is 11.3 Å². The lowest BCUT2D eigenvalue weighted by Crippen LogP contribution is -2.18. The van der Waals surface area contributed by atoms with Gasteiger partial charge in [-0.1, -0.05) is 11.3 Å². The minimum absolute atomic E-state index is 0.0414. The molecule has 4 aromatic rings. The molecule has 0 aliphatic rings. The van der Waals surface area contributed by atoms with Crippen molar-refractivity contribution >= 4 is 34.1 Å². The number of nitrogens with zero attached hydrogens (tertiary/aromatic N) is 5. The van der Waals surface area contributed by atoms with Crippen LogP contribution in [-0.4, -0.2) is 71.3 Å². The average molecular weight is 558 g/mol. The van der Waals surface area contributed by atoms with Crippen molar-refractivity contribution in [2.45, 2.75) is 6.92 Å². The molecule has 15 nitrogen and oxygen atoms in total. The zero-order valence-electron chi connectivity index (χ0n) is 21.2. The molecular formula is C23H23N7O8S. The lowest BCUT2D eigenvalue weighted by atomic mass is 10.1. The molecule has 0 atom stereocenters. The van der Waals surface area contributed by atoms with Crippen LogP contribution in [0.15, 0.2) is 39.8 Å². The van der Waals surface area contributed by atoms with Gasteiger partial charge in [0.1, 0.15) is 29.6 Å². The molecule has 4 rings (SSSR count). The molecule has 204 valence electrons. The van der Waals surface area contributed by atoms with Crippen LogP contribution in [-0.2, 0) is 9.53 Å². The number of ether oxygens (including phenoxy) is 4. The highest BCUT2D eigenvalue weighted by molar-refractivity contribution is 7.17. The number of nitrogens with one attached hydrogen (secondary N) is 2. The number of rotatable bonds is 11. The number of anilines is 2. The number of methoxy groups -OCH3 is 3. The second kappa shape index (κ2) is 12.1. The molecule has 39 heavy (non-hydrogen) atoms. The number of amides is 2. The molecule has 0 unspecified atom stereocenters. The average Bonchev–Trinajstić information content (AvgIpc) is 3.57. The van der Waals surface area contributed by atoms with E-state index in [9.17, 15) is 14.4 Å². The van der Waals surface area contributed by atoms with Crippen molar-refractivity contribution < 1.29 is 33.0 Å². The summed E-state index contributed by atoms with van der Waals surface area (Å²) >= 11 is 0.977. The Labute approximate surface area is 224 Å². The fraction of sp³-hybridized carbons (Fsp3) is 0.261. The second-order valence-corrected chi connectivity index (χ2v) is 8.52. The van der Waals surface area contributed by atoms with Gasteiger partial charge >= 0.3 is 5.63 Å². The van der Waals surface area contributed by atoms with Gasteiger partial charge in [0.15, 0.2) is 5.76 Å². The van der Waals surface area contributed by atoms with Crippen LogP contribution in [0.1, 0.15) is 17.5 Å². The molecule has 0 saturated carbocycles. The van der Waals surface area contributed by atoms with Crippen LogP contribution in [0.25, 0.3) is 16.4 Å². The fourth-order valence-corrected chi connectivity index (χ4v) is 3.98. The topological polar surface area (TPSA) is 182 Å². The van der Waals surface area contributed by atoms with Gasteiger partial charge in [0.05, 0.1) is 38.8 Å². The summed E-state index contributed by atoms with van der Waals surface area (Å²) in [5, 5.41) is 17.5. The Bertz CT molecular complexity index is 1550. The van der Waals surface area contributed by atoms with Crippen LogP contribution in [0.2, 0.25) is 0 Å². The number of carbonyl (C=O) groups excluding carboxylic acids is 2. The van der Waals surface area contributed by atoms with E-state index >= 15 is 0 Å². The van der Waals surface area contributed by atoms with E-state index in [1.165, 1.54) is 51.4 Å². The Morgan fingerprint density at radius 2 is 1.92 bits per heavy atom. The lowest BCUT2D eigenvalue weighted by Gasteiger charge is -2.14. The molecule has 0 fully saturated rings. The molecule has 0 spiro atoms. The van der Waals surface area contributed by atoms with Crippen LogP contribution < -0.4 is 30.5 Å². The van der Waals surface area contributed by atoms with E-state index in [2.05, 4.69) is 30.9 Å². The highest BCUT2D eigenvalue weighted by atomic mass is 32.1. The standard InChI is InChI=1S/C23H23N7O8S/c1-12(31)26-17-5-6-25-30(17)23-29-28-22(39-23)27-20(32)16-10-14(19(21(33)38-16)37-8-7-34-2)18-15(36-4)9-13(35-3)11-24-18/h5-6,9-11H,7-8H2,1-4H3,(H,26,31)(H,27,28,32). The minimum atomic E-state index is -0.914. The van der Waals surface area contributed by atoms with E-state index in [1.807, 2.05) is 0 Å². The van der Waals surface area contributed by atoms with Crippen molar-refractivity contribution in [2.24, 2.45) is 0 Å². The summed E-state index contributed by atoms with van der Waals surface area (Å²) in [5.41, 5.74) is -0.542. The third-order valence-corrected chi connectivity index (χ3v) is 5.78. The normalized spacial score (nSPS) is 10.7. The minimum Gasteiger partial charge on any atom is -0.495 e. The van der Waals surface area contributed by atoms with Gasteiger partial charge in [-0.25, -0.2) is 9.78 Å². The Balaban J connectivity index is 1.67. The summed E-state index contributed by atoms with van der Waals surface area (Å²) in [6.07, 6.45) is 2.90. The molecule has 0 saturated heterocycles. The summed E-state index contributed by atoms with van der Waals surface area (Å²) in [7, 11) is 4.38. The quantitative estimate of drug-likeness (QED) is 0.256. The van der Waals surface area contributed by atoms with Gasteiger partial charge in [-0.3, -0.25) is 14.9 Å². The highest BCUT2D eigenvalue weighted by Gasteiger charge is 2.24. The third kappa shape index (κ3) is 6.19. The summed E-state index contributed by atoms with van der Waals surface area (Å²) in [6.45, 7) is 1.60. The van der Waals surface area contributed by atoms with Crippen LogP contribution in [0.4, 0.5) is 10.9 Å². The van der Waals surface area contributed by atoms with E-state index < -0.39 is 11.5 Å². The fourth-order valence-electron chi connectivity index (χ4n) is 3.27. The van der Waals surface area contributed by atoms with Crippen molar-refractivity contribution in [2.75, 3.05) is 45.2 Å². The summed E-state index contributed by atoms with van der Waals surface area (Å²) in [4.78, 5) is 41.7. The Hall–Kier alpha value is -4.83. The number of carbonyl (C=O) groups is 2. The molecule has 0 aliphatic carbocycles. The van der Waals surface area contributed by atoms with Crippen LogP contribution in [0, 0.1) is 0 Å². The van der Waals surface area contributed by atoms with E-state index in [-0.39, 0.29) is 57.9 Å². The molecule has 4 aromatic heterocycles. The number of hydrogen-bond acceptors (Lipinski definition) is 13. The third-order valence-electron chi connectivity index (χ3n) is 4.97. The SMILES string of the molecule is COCCOc1c(-c2ncc(OC)cc2OC)cc(C(=O)Nc2nnc(-n3nccc3NC(C)=O)s2)oc1=O. The van der Waals surface area contributed by atoms with Gasteiger partial charge in [-0.15, -0.1) is 10.2 Å². The van der Waals surface area contributed by atoms with Gasteiger partial charge in [0.2, 0.25) is 21.9 Å². The molecule has 16 heteroatoms. The maximum absolute atomic E-state index is 13.1. The predicted octanol–water partition coefficient (Wildman–Crippen LogP) is 1.99. The smallest absolute Gasteiger partial charge is 0.379 e. The summed E-state index contributed by atoms with van der Waals surface area (Å²) in [6, 6.07) is 4.46. The first-order valence-electron chi connectivity index (χ1n) is 11.2. The monoisotopic (exact) mass is 557 g/mol. The molecule has 0 bridgehead atoms. The molecule has 0 aliphatic heterocycles. The van der Waals surface area contributed by atoms with Gasteiger partial charge in [0, 0.05) is 32.2 Å². The van der Waals surface area contributed by atoms with E-state index in [4.69, 9.17) is 23.4 Å². The predicted molar refractivity (Wildman–Crippen MR) is 138 cm³/mol. The molecule has 4 heterocycles. The Morgan fingerprint density at radius 3 is 2.64 bits per heavy atom. The molecular weight excluding hydrogens is 534 g/mol. The molecule has 2 N–H and O–H groups in total. The first-order chi connectivity index (χ1) is 18.8. The number of aromatic nitrogens is 5. The molecule has 2 amide bonds. The molecule has 0 radical (unpaired) electrons. The highest BCUT2D eigenvalue weighted by Crippen LogP contribution is 2.35. The van der Waals surface area contributed by atoms with Gasteiger partial charge < -0.3 is 28.7 Å². The van der Waals surface area contributed by atoms with Crippen molar-refractivity contribution in [1.29, 1.82) is 0 Å². The van der Waals surface area contributed by atoms with Crippen LogP contribution in [0.3, 0.4) is 0 Å². The summed E-state index contributed by atoms with van der Waals surface area (Å²) in [5.74, 6) is -0.536. The van der Waals surface area contributed by atoms with Crippen molar-refractivity contribution in [3.8, 4) is 33.6 Å². The van der Waals surface area contributed by atoms with Gasteiger partial charge in [-0.2, -0.15) is 9.78 Å². The van der Waals surface area contributed by atoms with Crippen molar-refractivity contribution in [1.82, 2.24) is 25.0 Å². The van der Waals surface area contributed by atoms with Gasteiger partial charge in [-0.05, 0) is 0 Å². The van der Waals surface area contributed by atoms with Crippen LogP contribution in [0.5, 0.6) is 17.2 Å². The van der Waals surface area contributed by atoms with E-state index in [0.29, 0.717) is 11.6 Å². The maximum Gasteiger partial charge on any atom is 0.379 e. The Morgan fingerprint density at radius 1 is 1.10 bits per heavy atom.